The fourth-order valence-corrected chi connectivity index (χ4v) is 3.70. The van der Waals surface area contributed by atoms with E-state index in [1.54, 1.807) is 6.92 Å². The van der Waals surface area contributed by atoms with Crippen LogP contribution in [0.25, 0.3) is 21.3 Å². The molecule has 0 radical (unpaired) electrons. The maximum Gasteiger partial charge on any atom is 0.305 e. The Morgan fingerprint density at radius 1 is 1.28 bits per heavy atom. The summed E-state index contributed by atoms with van der Waals surface area (Å²) in [5.41, 5.74) is 4.18. The van der Waals surface area contributed by atoms with Gasteiger partial charge in [-0.25, -0.2) is 4.98 Å². The van der Waals surface area contributed by atoms with Crippen molar-refractivity contribution in [2.75, 3.05) is 6.61 Å². The van der Waals surface area contributed by atoms with E-state index in [0.717, 1.165) is 21.5 Å². The SMILES string of the molecule is CCC(=O)OCCn1cnc2scc(-c3ccc(C)cc3C)c2c1=O. The van der Waals surface area contributed by atoms with Gasteiger partial charge in [0.25, 0.3) is 5.56 Å². The molecule has 0 bridgehead atoms. The van der Waals surface area contributed by atoms with E-state index in [2.05, 4.69) is 18.0 Å². The van der Waals surface area contributed by atoms with Crippen molar-refractivity contribution < 1.29 is 9.53 Å². The Balaban J connectivity index is 2.00. The van der Waals surface area contributed by atoms with Gasteiger partial charge in [0, 0.05) is 17.4 Å². The van der Waals surface area contributed by atoms with Crippen molar-refractivity contribution in [3.8, 4) is 11.1 Å². The number of carbonyl (C=O) groups is 1. The summed E-state index contributed by atoms with van der Waals surface area (Å²) < 4.78 is 6.57. The highest BCUT2D eigenvalue weighted by atomic mass is 32.1. The molecule has 2 heterocycles. The highest BCUT2D eigenvalue weighted by Gasteiger charge is 2.15. The van der Waals surface area contributed by atoms with Crippen molar-refractivity contribution in [3.63, 3.8) is 0 Å². The number of fused-ring (bicyclic) bond motifs is 1. The second-order valence-corrected chi connectivity index (χ2v) is 6.82. The third-order valence-electron chi connectivity index (χ3n) is 4.12. The number of aryl methyl sites for hydroxylation is 2. The van der Waals surface area contributed by atoms with Gasteiger partial charge >= 0.3 is 5.97 Å². The molecule has 2 aromatic heterocycles. The zero-order valence-electron chi connectivity index (χ0n) is 14.5. The molecule has 0 fully saturated rings. The molecule has 0 saturated carbocycles. The summed E-state index contributed by atoms with van der Waals surface area (Å²) in [6, 6.07) is 6.20. The first-order valence-corrected chi connectivity index (χ1v) is 9.09. The zero-order chi connectivity index (χ0) is 18.0. The van der Waals surface area contributed by atoms with Crippen LogP contribution in [0, 0.1) is 13.8 Å². The quantitative estimate of drug-likeness (QED) is 0.654. The Morgan fingerprint density at radius 2 is 2.08 bits per heavy atom. The van der Waals surface area contributed by atoms with Gasteiger partial charge in [0.1, 0.15) is 11.4 Å². The summed E-state index contributed by atoms with van der Waals surface area (Å²) in [7, 11) is 0. The van der Waals surface area contributed by atoms with Crippen LogP contribution in [-0.2, 0) is 16.1 Å². The minimum atomic E-state index is -0.270. The third kappa shape index (κ3) is 3.49. The molecule has 0 amide bonds. The summed E-state index contributed by atoms with van der Waals surface area (Å²) in [4.78, 5) is 29.3. The van der Waals surface area contributed by atoms with Gasteiger partial charge < -0.3 is 4.74 Å². The van der Waals surface area contributed by atoms with Crippen LogP contribution in [-0.4, -0.2) is 22.1 Å². The van der Waals surface area contributed by atoms with Crippen LogP contribution in [0.4, 0.5) is 0 Å². The number of benzene rings is 1. The van der Waals surface area contributed by atoms with Gasteiger partial charge in [-0.2, -0.15) is 0 Å². The average Bonchev–Trinajstić information content (AvgIpc) is 3.01. The average molecular weight is 356 g/mol. The molecular formula is C19H20N2O3S. The Hall–Kier alpha value is -2.47. The van der Waals surface area contributed by atoms with E-state index in [0.29, 0.717) is 18.4 Å². The predicted molar refractivity (Wildman–Crippen MR) is 100 cm³/mol. The number of rotatable bonds is 5. The Morgan fingerprint density at radius 3 is 2.80 bits per heavy atom. The monoisotopic (exact) mass is 356 g/mol. The second kappa shape index (κ2) is 7.19. The van der Waals surface area contributed by atoms with Crippen molar-refractivity contribution in [1.82, 2.24) is 9.55 Å². The minimum absolute atomic E-state index is 0.103. The molecule has 3 aromatic rings. The van der Waals surface area contributed by atoms with E-state index in [4.69, 9.17) is 4.74 Å². The lowest BCUT2D eigenvalue weighted by Gasteiger charge is -2.08. The summed E-state index contributed by atoms with van der Waals surface area (Å²) >= 11 is 1.47. The van der Waals surface area contributed by atoms with Crippen LogP contribution >= 0.6 is 11.3 Å². The molecule has 3 rings (SSSR count). The lowest BCUT2D eigenvalue weighted by atomic mass is 9.99. The summed E-state index contributed by atoms with van der Waals surface area (Å²) in [5, 5.41) is 2.61. The number of hydrogen-bond acceptors (Lipinski definition) is 5. The van der Waals surface area contributed by atoms with E-state index < -0.39 is 0 Å². The smallest absolute Gasteiger partial charge is 0.305 e. The molecule has 6 heteroatoms. The highest BCUT2D eigenvalue weighted by molar-refractivity contribution is 7.17. The molecule has 0 aliphatic rings. The number of nitrogens with zero attached hydrogens (tertiary/aromatic N) is 2. The number of hydrogen-bond donors (Lipinski definition) is 0. The van der Waals surface area contributed by atoms with Crippen LogP contribution in [0.5, 0.6) is 0 Å². The standard InChI is InChI=1S/C19H20N2O3S/c1-4-16(22)24-8-7-21-11-20-18-17(19(21)23)15(10-25-18)14-6-5-12(2)9-13(14)3/h5-6,9-11H,4,7-8H2,1-3H3. The van der Waals surface area contributed by atoms with Gasteiger partial charge in [0.15, 0.2) is 0 Å². The first kappa shape index (κ1) is 17.4. The van der Waals surface area contributed by atoms with Crippen LogP contribution < -0.4 is 5.56 Å². The molecule has 0 unspecified atom stereocenters. The molecule has 1 aromatic carbocycles. The van der Waals surface area contributed by atoms with Gasteiger partial charge in [-0.15, -0.1) is 11.3 Å². The van der Waals surface area contributed by atoms with Crippen LogP contribution in [0.3, 0.4) is 0 Å². The van der Waals surface area contributed by atoms with Crippen molar-refractivity contribution in [3.05, 3.63) is 51.4 Å². The molecule has 0 atom stereocenters. The number of thiophene rings is 1. The largest absolute Gasteiger partial charge is 0.464 e. The van der Waals surface area contributed by atoms with Gasteiger partial charge in [-0.3, -0.25) is 14.2 Å². The fourth-order valence-electron chi connectivity index (χ4n) is 2.80. The number of esters is 1. The fraction of sp³-hybridized carbons (Fsp3) is 0.316. The maximum atomic E-state index is 12.9. The number of aromatic nitrogens is 2. The van der Waals surface area contributed by atoms with Crippen molar-refractivity contribution in [1.29, 1.82) is 0 Å². The van der Waals surface area contributed by atoms with E-state index in [1.807, 2.05) is 24.4 Å². The lowest BCUT2D eigenvalue weighted by Crippen LogP contribution is -2.23. The Bertz CT molecular complexity index is 988. The van der Waals surface area contributed by atoms with E-state index >= 15 is 0 Å². The van der Waals surface area contributed by atoms with Crippen molar-refractivity contribution in [2.45, 2.75) is 33.7 Å². The summed E-state index contributed by atoms with van der Waals surface area (Å²) in [5.74, 6) is -0.270. The van der Waals surface area contributed by atoms with E-state index in [9.17, 15) is 9.59 Å². The molecule has 5 nitrogen and oxygen atoms in total. The molecule has 0 aliphatic carbocycles. The lowest BCUT2D eigenvalue weighted by molar-refractivity contribution is -0.143. The molecule has 25 heavy (non-hydrogen) atoms. The number of ether oxygens (including phenoxy) is 1. The molecule has 0 spiro atoms. The van der Waals surface area contributed by atoms with E-state index in [-0.39, 0.29) is 18.1 Å². The van der Waals surface area contributed by atoms with Crippen LogP contribution in [0.15, 0.2) is 34.7 Å². The molecule has 0 saturated heterocycles. The topological polar surface area (TPSA) is 61.2 Å². The predicted octanol–water partition coefficient (Wildman–Crippen LogP) is 3.70. The zero-order valence-corrected chi connectivity index (χ0v) is 15.4. The van der Waals surface area contributed by atoms with Crippen LogP contribution in [0.2, 0.25) is 0 Å². The maximum absolute atomic E-state index is 12.9. The summed E-state index contributed by atoms with van der Waals surface area (Å²) in [6.07, 6.45) is 1.85. The van der Waals surface area contributed by atoms with Gasteiger partial charge in [-0.05, 0) is 25.0 Å². The second-order valence-electron chi connectivity index (χ2n) is 5.97. The molecule has 0 aliphatic heterocycles. The van der Waals surface area contributed by atoms with Gasteiger partial charge in [0.2, 0.25) is 0 Å². The van der Waals surface area contributed by atoms with Gasteiger partial charge in [-0.1, -0.05) is 30.7 Å². The Labute approximate surface area is 149 Å². The highest BCUT2D eigenvalue weighted by Crippen LogP contribution is 2.32. The van der Waals surface area contributed by atoms with E-state index in [1.165, 1.54) is 27.8 Å². The molecular weight excluding hydrogens is 336 g/mol. The first-order valence-electron chi connectivity index (χ1n) is 8.21. The first-order chi connectivity index (χ1) is 12.0. The summed E-state index contributed by atoms with van der Waals surface area (Å²) in [6.45, 7) is 6.31. The van der Waals surface area contributed by atoms with Crippen LogP contribution in [0.1, 0.15) is 24.5 Å². The van der Waals surface area contributed by atoms with Gasteiger partial charge in [0.05, 0.1) is 18.3 Å². The van der Waals surface area contributed by atoms with Crippen molar-refractivity contribution in [2.24, 2.45) is 0 Å². The van der Waals surface area contributed by atoms with Crippen molar-refractivity contribution >= 4 is 27.5 Å². The third-order valence-corrected chi connectivity index (χ3v) is 5.00. The normalized spacial score (nSPS) is 11.0. The minimum Gasteiger partial charge on any atom is -0.464 e. The molecule has 130 valence electrons. The molecule has 0 N–H and O–H groups in total. The number of carbonyl (C=O) groups excluding carboxylic acids is 1. The Kier molecular flexibility index (Phi) is 4.99.